The molecule has 0 bridgehead atoms. The normalized spacial score (nSPS) is 11.6. The van der Waals surface area contributed by atoms with Crippen molar-refractivity contribution in [2.45, 2.75) is 26.4 Å². The zero-order valence-corrected chi connectivity index (χ0v) is 20.3. The second-order valence-corrected chi connectivity index (χ2v) is 9.02. The highest BCUT2D eigenvalue weighted by Crippen LogP contribution is 2.26. The maximum atomic E-state index is 14.2. The molecular weight excluding hydrogens is 455 g/mol. The first-order valence-electron chi connectivity index (χ1n) is 11.0. The number of hydrogen-bond donors (Lipinski definition) is 2. The van der Waals surface area contributed by atoms with E-state index in [-0.39, 0.29) is 29.9 Å². The van der Waals surface area contributed by atoms with Gasteiger partial charge in [0.25, 0.3) is 0 Å². The first kappa shape index (κ1) is 25.6. The molecule has 0 aliphatic rings. The van der Waals surface area contributed by atoms with E-state index in [4.69, 9.17) is 13.9 Å². The third-order valence-electron chi connectivity index (χ3n) is 4.79. The lowest BCUT2D eigenvalue weighted by molar-refractivity contribution is 0.0520. The van der Waals surface area contributed by atoms with Crippen molar-refractivity contribution in [2.24, 2.45) is 0 Å². The molecule has 3 rings (SSSR count). The molecule has 0 fully saturated rings. The van der Waals surface area contributed by atoms with E-state index in [1.807, 2.05) is 0 Å². The zero-order chi connectivity index (χ0) is 25.8. The summed E-state index contributed by atoms with van der Waals surface area (Å²) in [7, 11) is 3.48. The van der Waals surface area contributed by atoms with Crippen LogP contribution in [0.3, 0.4) is 0 Å². The van der Waals surface area contributed by atoms with Crippen LogP contribution in [0.15, 0.2) is 45.6 Å². The molecular formula is C26H29FN2O6. The predicted octanol–water partition coefficient (Wildman–Crippen LogP) is 4.78. The minimum absolute atomic E-state index is 0.0664. The van der Waals surface area contributed by atoms with Crippen molar-refractivity contribution < 1.29 is 28.2 Å². The summed E-state index contributed by atoms with van der Waals surface area (Å²) in [5, 5.41) is 13.1. The van der Waals surface area contributed by atoms with E-state index in [2.05, 4.69) is 5.32 Å². The fourth-order valence-corrected chi connectivity index (χ4v) is 3.18. The Kier molecular flexibility index (Phi) is 7.68. The van der Waals surface area contributed by atoms with E-state index < -0.39 is 28.7 Å². The lowest BCUT2D eigenvalue weighted by Crippen LogP contribution is -2.34. The molecule has 0 aliphatic heterocycles. The summed E-state index contributed by atoms with van der Waals surface area (Å²) in [6, 6.07) is 9.26. The van der Waals surface area contributed by atoms with Crippen LogP contribution >= 0.6 is 0 Å². The van der Waals surface area contributed by atoms with E-state index >= 15 is 0 Å². The molecule has 0 atom stereocenters. The van der Waals surface area contributed by atoms with Crippen molar-refractivity contribution in [3.63, 3.8) is 0 Å². The maximum Gasteiger partial charge on any atom is 0.407 e. The Bertz CT molecular complexity index is 1310. The molecule has 0 spiro atoms. The number of amides is 1. The van der Waals surface area contributed by atoms with Crippen molar-refractivity contribution in [2.75, 3.05) is 32.1 Å². The van der Waals surface area contributed by atoms with Gasteiger partial charge < -0.3 is 29.2 Å². The summed E-state index contributed by atoms with van der Waals surface area (Å²) in [6.07, 6.45) is 2.39. The lowest BCUT2D eigenvalue weighted by Gasteiger charge is -2.19. The van der Waals surface area contributed by atoms with Crippen LogP contribution in [-0.2, 0) is 4.74 Å². The number of rotatable bonds is 7. The molecule has 0 saturated heterocycles. The summed E-state index contributed by atoms with van der Waals surface area (Å²) in [4.78, 5) is 25.9. The molecule has 2 N–H and O–H groups in total. The zero-order valence-electron chi connectivity index (χ0n) is 20.3. The molecule has 0 unspecified atom stereocenters. The number of halogens is 1. The Morgan fingerprint density at radius 1 is 1.17 bits per heavy atom. The molecule has 0 aliphatic carbocycles. The summed E-state index contributed by atoms with van der Waals surface area (Å²) in [6.45, 7) is 5.68. The monoisotopic (exact) mass is 484 g/mol. The number of alkyl carbamates (subject to hydrolysis) is 1. The van der Waals surface area contributed by atoms with E-state index in [1.54, 1.807) is 58.0 Å². The molecule has 186 valence electrons. The average molecular weight is 485 g/mol. The molecule has 1 heterocycles. The second kappa shape index (κ2) is 10.5. The molecule has 2 aromatic carbocycles. The second-order valence-electron chi connectivity index (χ2n) is 9.02. The van der Waals surface area contributed by atoms with Crippen LogP contribution in [0.25, 0.3) is 23.1 Å². The molecule has 1 aromatic heterocycles. The van der Waals surface area contributed by atoms with E-state index in [0.717, 1.165) is 0 Å². The molecule has 9 heteroatoms. The largest absolute Gasteiger partial charge is 0.502 e. The molecule has 3 aromatic rings. The summed E-state index contributed by atoms with van der Waals surface area (Å²) in [5.74, 6) is -0.601. The van der Waals surface area contributed by atoms with Gasteiger partial charge in [0.05, 0.1) is 17.6 Å². The van der Waals surface area contributed by atoms with Gasteiger partial charge in [0.1, 0.15) is 29.4 Å². The molecule has 0 saturated carbocycles. The van der Waals surface area contributed by atoms with Crippen LogP contribution in [0.2, 0.25) is 0 Å². The Morgan fingerprint density at radius 2 is 1.91 bits per heavy atom. The van der Waals surface area contributed by atoms with Gasteiger partial charge in [-0.2, -0.15) is 0 Å². The highest BCUT2D eigenvalue weighted by molar-refractivity contribution is 5.82. The van der Waals surface area contributed by atoms with Crippen molar-refractivity contribution >= 4 is 34.9 Å². The maximum absolute atomic E-state index is 14.2. The number of ether oxygens (including phenoxy) is 2. The van der Waals surface area contributed by atoms with Crippen molar-refractivity contribution in [1.29, 1.82) is 0 Å². The Labute approximate surface area is 202 Å². The van der Waals surface area contributed by atoms with Crippen LogP contribution in [-0.4, -0.2) is 44.0 Å². The van der Waals surface area contributed by atoms with Crippen LogP contribution in [0.5, 0.6) is 11.5 Å². The highest BCUT2D eigenvalue weighted by atomic mass is 19.1. The smallest absolute Gasteiger partial charge is 0.407 e. The number of carbonyl (C=O) groups excluding carboxylic acids is 1. The topological polar surface area (TPSA) is 101 Å². The van der Waals surface area contributed by atoms with Gasteiger partial charge in [-0.1, -0.05) is 12.1 Å². The number of nitrogens with zero attached hydrogens (tertiary/aromatic N) is 1. The molecule has 0 radical (unpaired) electrons. The van der Waals surface area contributed by atoms with Gasteiger partial charge in [-0.3, -0.25) is 4.79 Å². The van der Waals surface area contributed by atoms with Crippen LogP contribution in [0.4, 0.5) is 14.9 Å². The number of nitrogens with one attached hydrogen (secondary N) is 1. The summed E-state index contributed by atoms with van der Waals surface area (Å²) >= 11 is 0. The third kappa shape index (κ3) is 6.75. The van der Waals surface area contributed by atoms with E-state index in [9.17, 15) is 19.1 Å². The SMILES string of the molecule is CN(C)c1ccc(/C=C/c2oc3cc(OCCNC(=O)OC(C)(C)C)ccc3c(=O)c2O)cc1F. The quantitative estimate of drug-likeness (QED) is 0.466. The summed E-state index contributed by atoms with van der Waals surface area (Å²) < 4.78 is 30.7. The highest BCUT2D eigenvalue weighted by Gasteiger charge is 2.16. The first-order valence-corrected chi connectivity index (χ1v) is 11.0. The van der Waals surface area contributed by atoms with Crippen LogP contribution < -0.4 is 20.4 Å². The fourth-order valence-electron chi connectivity index (χ4n) is 3.18. The number of aromatic hydroxyl groups is 1. The van der Waals surface area contributed by atoms with Crippen LogP contribution in [0, 0.1) is 5.82 Å². The first-order chi connectivity index (χ1) is 16.4. The van der Waals surface area contributed by atoms with Gasteiger partial charge in [0, 0.05) is 20.2 Å². The van der Waals surface area contributed by atoms with Crippen molar-refractivity contribution in [3.8, 4) is 11.5 Å². The van der Waals surface area contributed by atoms with Gasteiger partial charge in [-0.25, -0.2) is 9.18 Å². The molecule has 8 nitrogen and oxygen atoms in total. The van der Waals surface area contributed by atoms with Crippen molar-refractivity contribution in [1.82, 2.24) is 5.32 Å². The molecule has 1 amide bonds. The molecule has 35 heavy (non-hydrogen) atoms. The number of carbonyl (C=O) groups is 1. The Balaban J connectivity index is 1.74. The average Bonchev–Trinajstić information content (AvgIpc) is 2.76. The predicted molar refractivity (Wildman–Crippen MR) is 134 cm³/mol. The van der Waals surface area contributed by atoms with Crippen LogP contribution in [0.1, 0.15) is 32.1 Å². The Morgan fingerprint density at radius 3 is 2.57 bits per heavy atom. The number of benzene rings is 2. The number of fused-ring (bicyclic) bond motifs is 1. The standard InChI is InChI=1S/C26H29FN2O6/c1-26(2,3)35-25(32)28-12-13-33-17-8-9-18-22(15-17)34-21(24(31)23(18)30)11-7-16-6-10-20(29(4)5)19(27)14-16/h6-11,14-15,31H,12-13H2,1-5H3,(H,28,32)/b11-7+. The number of hydrogen-bond acceptors (Lipinski definition) is 7. The van der Waals surface area contributed by atoms with Gasteiger partial charge in [-0.15, -0.1) is 0 Å². The minimum atomic E-state index is -0.599. The lowest BCUT2D eigenvalue weighted by atomic mass is 10.1. The van der Waals surface area contributed by atoms with Gasteiger partial charge in [0.15, 0.2) is 5.76 Å². The fraction of sp³-hybridized carbons (Fsp3) is 0.308. The number of anilines is 1. The van der Waals surface area contributed by atoms with E-state index in [0.29, 0.717) is 17.0 Å². The van der Waals surface area contributed by atoms with Gasteiger partial charge >= 0.3 is 6.09 Å². The minimum Gasteiger partial charge on any atom is -0.502 e. The van der Waals surface area contributed by atoms with Gasteiger partial charge in [0.2, 0.25) is 11.2 Å². The van der Waals surface area contributed by atoms with Gasteiger partial charge in [-0.05, 0) is 56.7 Å². The van der Waals surface area contributed by atoms with Crippen molar-refractivity contribution in [3.05, 3.63) is 63.8 Å². The van der Waals surface area contributed by atoms with E-state index in [1.165, 1.54) is 30.4 Å². The Hall–Kier alpha value is -4.01. The third-order valence-corrected chi connectivity index (χ3v) is 4.79. The summed E-state index contributed by atoms with van der Waals surface area (Å²) in [5.41, 5.74) is -0.0132.